The standard InChI is InChI=1S/C14H30N4S/c1-12(2)13-11-18(9-10-19-13)14(15-3)16-7-6-8-17(4)5/h12-13H,6-11H2,1-5H3,(H,15,16). The summed E-state index contributed by atoms with van der Waals surface area (Å²) >= 11 is 2.10. The topological polar surface area (TPSA) is 30.9 Å². The molecule has 0 aromatic carbocycles. The van der Waals surface area contributed by atoms with Crippen molar-refractivity contribution in [1.29, 1.82) is 0 Å². The molecule has 1 rings (SSSR count). The first kappa shape index (κ1) is 16.6. The second-order valence-corrected chi connectivity index (χ2v) is 7.08. The smallest absolute Gasteiger partial charge is 0.193 e. The predicted molar refractivity (Wildman–Crippen MR) is 87.2 cm³/mol. The summed E-state index contributed by atoms with van der Waals surface area (Å²) < 4.78 is 0. The van der Waals surface area contributed by atoms with E-state index >= 15 is 0 Å². The number of thioether (sulfide) groups is 1. The first-order valence-electron chi connectivity index (χ1n) is 7.26. The molecule has 0 aliphatic carbocycles. The van der Waals surface area contributed by atoms with Gasteiger partial charge in [-0.1, -0.05) is 13.8 Å². The maximum atomic E-state index is 4.43. The summed E-state index contributed by atoms with van der Waals surface area (Å²) in [4.78, 5) is 9.06. The van der Waals surface area contributed by atoms with Gasteiger partial charge in [-0.15, -0.1) is 0 Å². The second-order valence-electron chi connectivity index (χ2n) is 5.73. The van der Waals surface area contributed by atoms with Crippen LogP contribution in [0.3, 0.4) is 0 Å². The van der Waals surface area contributed by atoms with E-state index < -0.39 is 0 Å². The quantitative estimate of drug-likeness (QED) is 0.472. The Morgan fingerprint density at radius 2 is 2.21 bits per heavy atom. The van der Waals surface area contributed by atoms with E-state index in [-0.39, 0.29) is 0 Å². The minimum absolute atomic E-state index is 0.731. The summed E-state index contributed by atoms with van der Waals surface area (Å²) in [7, 11) is 6.12. The van der Waals surface area contributed by atoms with Crippen molar-refractivity contribution < 1.29 is 0 Å². The number of nitrogens with one attached hydrogen (secondary N) is 1. The number of aliphatic imine (C=N–C) groups is 1. The molecule has 1 aliphatic rings. The van der Waals surface area contributed by atoms with E-state index in [4.69, 9.17) is 0 Å². The zero-order valence-corrected chi connectivity index (χ0v) is 14.0. The Balaban J connectivity index is 2.37. The highest BCUT2D eigenvalue weighted by molar-refractivity contribution is 8.00. The number of guanidine groups is 1. The van der Waals surface area contributed by atoms with E-state index in [1.807, 2.05) is 7.05 Å². The minimum Gasteiger partial charge on any atom is -0.356 e. The van der Waals surface area contributed by atoms with Gasteiger partial charge in [0.25, 0.3) is 0 Å². The van der Waals surface area contributed by atoms with Crippen LogP contribution >= 0.6 is 11.8 Å². The summed E-state index contributed by atoms with van der Waals surface area (Å²) in [5.41, 5.74) is 0. The molecule has 0 amide bonds. The van der Waals surface area contributed by atoms with Gasteiger partial charge in [0, 0.05) is 37.7 Å². The Morgan fingerprint density at radius 1 is 1.47 bits per heavy atom. The first-order valence-corrected chi connectivity index (χ1v) is 8.31. The van der Waals surface area contributed by atoms with Gasteiger partial charge in [-0.05, 0) is 33.0 Å². The molecule has 0 aromatic rings. The van der Waals surface area contributed by atoms with E-state index in [0.29, 0.717) is 0 Å². The van der Waals surface area contributed by atoms with Crippen molar-refractivity contribution in [1.82, 2.24) is 15.1 Å². The molecule has 1 fully saturated rings. The highest BCUT2D eigenvalue weighted by Gasteiger charge is 2.24. The summed E-state index contributed by atoms with van der Waals surface area (Å²) in [6.07, 6.45) is 1.15. The molecule has 19 heavy (non-hydrogen) atoms. The first-order chi connectivity index (χ1) is 9.04. The molecule has 0 radical (unpaired) electrons. The molecule has 4 nitrogen and oxygen atoms in total. The van der Waals surface area contributed by atoms with Crippen molar-refractivity contribution in [3.63, 3.8) is 0 Å². The number of rotatable bonds is 5. The van der Waals surface area contributed by atoms with E-state index in [2.05, 4.69) is 59.8 Å². The predicted octanol–water partition coefficient (Wildman–Crippen LogP) is 1.59. The Labute approximate surface area is 123 Å². The fraction of sp³-hybridized carbons (Fsp3) is 0.929. The number of nitrogens with zero attached hydrogens (tertiary/aromatic N) is 3. The molecule has 0 bridgehead atoms. The Kier molecular flexibility index (Phi) is 7.61. The van der Waals surface area contributed by atoms with Crippen LogP contribution in [0.2, 0.25) is 0 Å². The molecule has 0 aromatic heterocycles. The second kappa shape index (κ2) is 8.69. The SMILES string of the molecule is CN=C(NCCCN(C)C)N1CCSC(C(C)C)C1. The maximum Gasteiger partial charge on any atom is 0.193 e. The van der Waals surface area contributed by atoms with Gasteiger partial charge in [0.1, 0.15) is 0 Å². The summed E-state index contributed by atoms with van der Waals surface area (Å²) in [6.45, 7) is 8.98. The summed E-state index contributed by atoms with van der Waals surface area (Å²) in [5, 5.41) is 4.22. The Bertz CT molecular complexity index is 279. The molecule has 112 valence electrons. The van der Waals surface area contributed by atoms with Gasteiger partial charge < -0.3 is 15.1 Å². The third kappa shape index (κ3) is 6.04. The molecular formula is C14H30N4S. The zero-order valence-electron chi connectivity index (χ0n) is 13.1. The maximum absolute atomic E-state index is 4.43. The Hall–Kier alpha value is -0.420. The lowest BCUT2D eigenvalue weighted by Crippen LogP contribution is -2.49. The molecule has 5 heteroatoms. The van der Waals surface area contributed by atoms with Crippen molar-refractivity contribution in [2.45, 2.75) is 25.5 Å². The third-order valence-corrected chi connectivity index (χ3v) is 4.95. The molecule has 0 spiro atoms. The fourth-order valence-corrected chi connectivity index (χ4v) is 3.50. The van der Waals surface area contributed by atoms with E-state index in [0.717, 1.165) is 49.7 Å². The van der Waals surface area contributed by atoms with Crippen LogP contribution in [-0.4, -0.2) is 74.1 Å². The average Bonchev–Trinajstić information content (AvgIpc) is 2.38. The van der Waals surface area contributed by atoms with Crippen molar-refractivity contribution in [3.05, 3.63) is 0 Å². The number of hydrogen-bond donors (Lipinski definition) is 1. The van der Waals surface area contributed by atoms with E-state index in [1.165, 1.54) is 5.75 Å². The van der Waals surface area contributed by atoms with Gasteiger partial charge in [-0.25, -0.2) is 0 Å². The largest absolute Gasteiger partial charge is 0.356 e. The fourth-order valence-electron chi connectivity index (χ4n) is 2.20. The van der Waals surface area contributed by atoms with Crippen LogP contribution in [0, 0.1) is 5.92 Å². The molecule has 0 saturated carbocycles. The lowest BCUT2D eigenvalue weighted by atomic mass is 10.1. The average molecular weight is 286 g/mol. The molecule has 1 aliphatic heterocycles. The van der Waals surface area contributed by atoms with Gasteiger partial charge in [0.05, 0.1) is 0 Å². The molecular weight excluding hydrogens is 256 g/mol. The van der Waals surface area contributed by atoms with Gasteiger partial charge in [-0.2, -0.15) is 11.8 Å². The van der Waals surface area contributed by atoms with Crippen LogP contribution in [0.25, 0.3) is 0 Å². The van der Waals surface area contributed by atoms with Crippen molar-refractivity contribution in [2.75, 3.05) is 53.1 Å². The third-order valence-electron chi connectivity index (χ3n) is 3.41. The van der Waals surface area contributed by atoms with E-state index in [9.17, 15) is 0 Å². The Morgan fingerprint density at radius 3 is 2.79 bits per heavy atom. The monoisotopic (exact) mass is 286 g/mol. The van der Waals surface area contributed by atoms with Crippen LogP contribution < -0.4 is 5.32 Å². The van der Waals surface area contributed by atoms with Crippen molar-refractivity contribution in [2.24, 2.45) is 10.9 Å². The van der Waals surface area contributed by atoms with Gasteiger partial charge in [0.15, 0.2) is 5.96 Å². The lowest BCUT2D eigenvalue weighted by Gasteiger charge is -2.36. The minimum atomic E-state index is 0.731. The molecule has 1 N–H and O–H groups in total. The number of hydrogen-bond acceptors (Lipinski definition) is 3. The normalized spacial score (nSPS) is 21.3. The highest BCUT2D eigenvalue weighted by Crippen LogP contribution is 2.24. The molecule has 1 atom stereocenters. The van der Waals surface area contributed by atoms with Crippen LogP contribution in [0.4, 0.5) is 0 Å². The highest BCUT2D eigenvalue weighted by atomic mass is 32.2. The van der Waals surface area contributed by atoms with Gasteiger partial charge in [-0.3, -0.25) is 4.99 Å². The molecule has 1 unspecified atom stereocenters. The lowest BCUT2D eigenvalue weighted by molar-refractivity contribution is 0.373. The molecule has 1 saturated heterocycles. The van der Waals surface area contributed by atoms with E-state index in [1.54, 1.807) is 0 Å². The van der Waals surface area contributed by atoms with Crippen molar-refractivity contribution >= 4 is 17.7 Å². The molecule has 1 heterocycles. The van der Waals surface area contributed by atoms with Crippen LogP contribution in [0.5, 0.6) is 0 Å². The van der Waals surface area contributed by atoms with Crippen molar-refractivity contribution in [3.8, 4) is 0 Å². The van der Waals surface area contributed by atoms with Gasteiger partial charge >= 0.3 is 0 Å². The summed E-state index contributed by atoms with van der Waals surface area (Å²) in [5.74, 6) is 3.02. The zero-order chi connectivity index (χ0) is 14.3. The van der Waals surface area contributed by atoms with Gasteiger partial charge in [0.2, 0.25) is 0 Å². The van der Waals surface area contributed by atoms with Crippen LogP contribution in [0.1, 0.15) is 20.3 Å². The van der Waals surface area contributed by atoms with Crippen LogP contribution in [-0.2, 0) is 0 Å². The summed E-state index contributed by atoms with van der Waals surface area (Å²) in [6, 6.07) is 0. The van der Waals surface area contributed by atoms with Crippen LogP contribution in [0.15, 0.2) is 4.99 Å².